The molecule has 0 aliphatic carbocycles. The van der Waals surface area contributed by atoms with Crippen molar-refractivity contribution in [2.75, 3.05) is 7.11 Å². The zero-order valence-electron chi connectivity index (χ0n) is 11.7. The van der Waals surface area contributed by atoms with Gasteiger partial charge in [0.25, 0.3) is 0 Å². The van der Waals surface area contributed by atoms with Crippen LogP contribution in [0.1, 0.15) is 5.69 Å². The summed E-state index contributed by atoms with van der Waals surface area (Å²) >= 11 is 6.01. The Bertz CT molecular complexity index is 832. The highest BCUT2D eigenvalue weighted by Crippen LogP contribution is 2.33. The van der Waals surface area contributed by atoms with E-state index in [2.05, 4.69) is 4.98 Å². The number of methoxy groups -OCH3 is 1. The fraction of sp³-hybridized carbons (Fsp3) is 0.118. The van der Waals surface area contributed by atoms with Gasteiger partial charge in [-0.05, 0) is 55.0 Å². The molecular weight excluding hydrogens is 289 g/mol. The molecule has 0 aliphatic rings. The summed E-state index contributed by atoms with van der Waals surface area (Å²) in [5.74, 6) is 0.394. The van der Waals surface area contributed by atoms with Gasteiger partial charge >= 0.3 is 0 Å². The van der Waals surface area contributed by atoms with Crippen LogP contribution in [0.25, 0.3) is 22.0 Å². The summed E-state index contributed by atoms with van der Waals surface area (Å²) < 4.78 is 19.4. The Morgan fingerprint density at radius 2 is 1.86 bits per heavy atom. The molecule has 2 aromatic carbocycles. The van der Waals surface area contributed by atoms with Crippen molar-refractivity contribution in [2.45, 2.75) is 6.92 Å². The monoisotopic (exact) mass is 301 g/mol. The first kappa shape index (κ1) is 13.8. The van der Waals surface area contributed by atoms with Crippen molar-refractivity contribution in [1.29, 1.82) is 0 Å². The fourth-order valence-corrected chi connectivity index (χ4v) is 2.56. The number of benzene rings is 2. The third-order valence-electron chi connectivity index (χ3n) is 3.36. The molecule has 21 heavy (non-hydrogen) atoms. The highest BCUT2D eigenvalue weighted by molar-refractivity contribution is 6.30. The summed E-state index contributed by atoms with van der Waals surface area (Å²) in [5, 5.41) is 1.33. The summed E-state index contributed by atoms with van der Waals surface area (Å²) in [6.45, 7) is 1.88. The van der Waals surface area contributed by atoms with Crippen LogP contribution >= 0.6 is 11.6 Å². The lowest BCUT2D eigenvalue weighted by molar-refractivity contribution is 0.415. The Hall–Kier alpha value is -2.13. The van der Waals surface area contributed by atoms with Crippen molar-refractivity contribution in [1.82, 2.24) is 4.98 Å². The van der Waals surface area contributed by atoms with Gasteiger partial charge in [0, 0.05) is 21.7 Å². The van der Waals surface area contributed by atoms with Crippen LogP contribution in [0.3, 0.4) is 0 Å². The van der Waals surface area contributed by atoms with Crippen molar-refractivity contribution in [2.24, 2.45) is 0 Å². The maximum absolute atomic E-state index is 14.2. The van der Waals surface area contributed by atoms with Gasteiger partial charge in [0.1, 0.15) is 11.6 Å². The minimum absolute atomic E-state index is 0.311. The molecule has 3 aromatic rings. The Morgan fingerprint density at radius 1 is 1.05 bits per heavy atom. The number of hydrogen-bond donors (Lipinski definition) is 0. The molecule has 0 spiro atoms. The minimum Gasteiger partial charge on any atom is -0.497 e. The zero-order chi connectivity index (χ0) is 15.0. The van der Waals surface area contributed by atoms with Gasteiger partial charge in [-0.15, -0.1) is 0 Å². The average molecular weight is 302 g/mol. The molecule has 0 fully saturated rings. The third kappa shape index (κ3) is 2.57. The van der Waals surface area contributed by atoms with Gasteiger partial charge in [-0.1, -0.05) is 11.6 Å². The standard InChI is InChI=1S/C17H13ClFNO/c1-10-7-13(14-8-11(18)3-5-16(14)19)15-9-12(21-2)4-6-17(15)20-10/h3-9H,1-2H3. The Labute approximate surface area is 127 Å². The number of halogens is 2. The topological polar surface area (TPSA) is 22.1 Å². The quantitative estimate of drug-likeness (QED) is 0.663. The van der Waals surface area contributed by atoms with Crippen molar-refractivity contribution < 1.29 is 9.13 Å². The van der Waals surface area contributed by atoms with Crippen LogP contribution in [-0.4, -0.2) is 12.1 Å². The minimum atomic E-state index is -0.311. The van der Waals surface area contributed by atoms with Crippen LogP contribution in [0.4, 0.5) is 4.39 Å². The first-order chi connectivity index (χ1) is 10.1. The molecule has 0 radical (unpaired) electrons. The van der Waals surface area contributed by atoms with Crippen LogP contribution in [0.2, 0.25) is 5.02 Å². The fourth-order valence-electron chi connectivity index (χ4n) is 2.39. The van der Waals surface area contributed by atoms with E-state index in [0.29, 0.717) is 16.3 Å². The molecule has 0 N–H and O–H groups in total. The molecule has 2 nitrogen and oxygen atoms in total. The van der Waals surface area contributed by atoms with Crippen LogP contribution < -0.4 is 4.74 Å². The largest absolute Gasteiger partial charge is 0.497 e. The van der Waals surface area contributed by atoms with E-state index in [-0.39, 0.29) is 5.82 Å². The van der Waals surface area contributed by atoms with E-state index in [1.807, 2.05) is 31.2 Å². The van der Waals surface area contributed by atoms with E-state index >= 15 is 0 Å². The second-order valence-corrected chi connectivity index (χ2v) is 5.25. The summed E-state index contributed by atoms with van der Waals surface area (Å²) in [4.78, 5) is 4.48. The number of nitrogens with zero attached hydrogens (tertiary/aromatic N) is 1. The summed E-state index contributed by atoms with van der Waals surface area (Å²) in [6, 6.07) is 12.0. The average Bonchev–Trinajstić information content (AvgIpc) is 2.48. The molecule has 0 amide bonds. The molecule has 0 saturated heterocycles. The van der Waals surface area contributed by atoms with Crippen molar-refractivity contribution in [3.8, 4) is 16.9 Å². The van der Waals surface area contributed by atoms with Crippen LogP contribution in [-0.2, 0) is 0 Å². The Morgan fingerprint density at radius 3 is 2.62 bits per heavy atom. The maximum Gasteiger partial charge on any atom is 0.131 e. The number of rotatable bonds is 2. The van der Waals surface area contributed by atoms with Crippen molar-refractivity contribution in [3.63, 3.8) is 0 Å². The highest BCUT2D eigenvalue weighted by atomic mass is 35.5. The highest BCUT2D eigenvalue weighted by Gasteiger charge is 2.12. The summed E-state index contributed by atoms with van der Waals surface area (Å²) in [6.07, 6.45) is 0. The van der Waals surface area contributed by atoms with Gasteiger partial charge in [0.2, 0.25) is 0 Å². The lowest BCUT2D eigenvalue weighted by Gasteiger charge is -2.11. The Kier molecular flexibility index (Phi) is 3.52. The molecule has 0 saturated carbocycles. The molecule has 0 aliphatic heterocycles. The molecule has 1 heterocycles. The summed E-state index contributed by atoms with van der Waals surface area (Å²) in [7, 11) is 1.60. The molecule has 0 unspecified atom stereocenters. The molecule has 0 bridgehead atoms. The molecular formula is C17H13ClFNO. The first-order valence-corrected chi connectivity index (χ1v) is 6.87. The molecule has 0 atom stereocenters. The second kappa shape index (κ2) is 5.34. The van der Waals surface area contributed by atoms with Gasteiger partial charge < -0.3 is 4.74 Å². The van der Waals surface area contributed by atoms with Gasteiger partial charge in [-0.3, -0.25) is 4.98 Å². The van der Waals surface area contributed by atoms with Crippen molar-refractivity contribution in [3.05, 3.63) is 59.0 Å². The zero-order valence-corrected chi connectivity index (χ0v) is 12.4. The summed E-state index contributed by atoms with van der Waals surface area (Å²) in [5.41, 5.74) is 2.84. The van der Waals surface area contributed by atoms with E-state index in [4.69, 9.17) is 16.3 Å². The number of pyridine rings is 1. The van der Waals surface area contributed by atoms with Crippen LogP contribution in [0, 0.1) is 12.7 Å². The molecule has 1 aromatic heterocycles. The van der Waals surface area contributed by atoms with Crippen LogP contribution in [0.5, 0.6) is 5.75 Å². The van der Waals surface area contributed by atoms with E-state index in [0.717, 1.165) is 22.2 Å². The predicted molar refractivity (Wildman–Crippen MR) is 83.4 cm³/mol. The van der Waals surface area contributed by atoms with Crippen LogP contribution in [0.15, 0.2) is 42.5 Å². The first-order valence-electron chi connectivity index (χ1n) is 6.49. The number of aromatic nitrogens is 1. The normalized spacial score (nSPS) is 10.9. The molecule has 4 heteroatoms. The number of fused-ring (bicyclic) bond motifs is 1. The van der Waals surface area contributed by atoms with E-state index in [1.54, 1.807) is 13.2 Å². The van der Waals surface area contributed by atoms with Crippen molar-refractivity contribution >= 4 is 22.5 Å². The van der Waals surface area contributed by atoms with Gasteiger partial charge in [-0.25, -0.2) is 4.39 Å². The molecule has 106 valence electrons. The van der Waals surface area contributed by atoms with E-state index < -0.39 is 0 Å². The predicted octanol–water partition coefficient (Wildman–Crippen LogP) is 5.01. The second-order valence-electron chi connectivity index (χ2n) is 4.82. The van der Waals surface area contributed by atoms with Gasteiger partial charge in [0.15, 0.2) is 0 Å². The third-order valence-corrected chi connectivity index (χ3v) is 3.60. The lowest BCUT2D eigenvalue weighted by atomic mass is 9.99. The molecule has 3 rings (SSSR count). The Balaban J connectivity index is 2.37. The van der Waals surface area contributed by atoms with Gasteiger partial charge in [0.05, 0.1) is 12.6 Å². The van der Waals surface area contributed by atoms with E-state index in [1.165, 1.54) is 12.1 Å². The maximum atomic E-state index is 14.2. The SMILES string of the molecule is COc1ccc2nc(C)cc(-c3cc(Cl)ccc3F)c2c1. The van der Waals surface area contributed by atoms with Gasteiger partial charge in [-0.2, -0.15) is 0 Å². The number of aryl methyl sites for hydroxylation is 1. The lowest BCUT2D eigenvalue weighted by Crippen LogP contribution is -1.92. The number of hydrogen-bond acceptors (Lipinski definition) is 2. The number of ether oxygens (including phenoxy) is 1. The smallest absolute Gasteiger partial charge is 0.131 e. The van der Waals surface area contributed by atoms with E-state index in [9.17, 15) is 4.39 Å².